The van der Waals surface area contributed by atoms with Crippen LogP contribution in [0.25, 0.3) is 10.2 Å². The maximum atomic E-state index is 12.7. The summed E-state index contributed by atoms with van der Waals surface area (Å²) in [6, 6.07) is 0.126. The summed E-state index contributed by atoms with van der Waals surface area (Å²) in [5.41, 5.74) is 0.617. The van der Waals surface area contributed by atoms with Gasteiger partial charge in [0.15, 0.2) is 6.10 Å². The molecule has 0 unspecified atom stereocenters. The summed E-state index contributed by atoms with van der Waals surface area (Å²) in [6.07, 6.45) is 4.79. The molecule has 8 heteroatoms. The van der Waals surface area contributed by atoms with E-state index >= 15 is 0 Å². The smallest absolute Gasteiger partial charge is 0.326 e. The fraction of sp³-hybridized carbons (Fsp3) is 0.600. The van der Waals surface area contributed by atoms with Crippen LogP contribution in [0.2, 0.25) is 0 Å². The zero-order valence-corrected chi connectivity index (χ0v) is 17.6. The summed E-state index contributed by atoms with van der Waals surface area (Å²) >= 11 is 1.46. The number of nitrogens with zero attached hydrogens (tertiary/aromatic N) is 2. The molecule has 28 heavy (non-hydrogen) atoms. The first-order valence-electron chi connectivity index (χ1n) is 9.73. The van der Waals surface area contributed by atoms with Gasteiger partial charge in [0, 0.05) is 10.9 Å². The molecule has 0 bridgehead atoms. The van der Waals surface area contributed by atoms with E-state index in [0.717, 1.165) is 29.7 Å². The Labute approximate surface area is 168 Å². The average molecular weight is 406 g/mol. The quantitative estimate of drug-likeness (QED) is 0.773. The van der Waals surface area contributed by atoms with Crippen molar-refractivity contribution < 1.29 is 14.3 Å². The van der Waals surface area contributed by atoms with Gasteiger partial charge in [0.1, 0.15) is 11.4 Å². The fourth-order valence-corrected chi connectivity index (χ4v) is 4.63. The number of hydrogen-bond acceptors (Lipinski definition) is 6. The second-order valence-electron chi connectivity index (χ2n) is 7.65. The van der Waals surface area contributed by atoms with E-state index in [1.54, 1.807) is 6.92 Å². The lowest BCUT2D eigenvalue weighted by molar-refractivity contribution is -0.155. The van der Waals surface area contributed by atoms with Gasteiger partial charge in [-0.25, -0.2) is 4.98 Å². The molecule has 152 valence electrons. The molecule has 0 radical (unpaired) electrons. The van der Waals surface area contributed by atoms with Gasteiger partial charge >= 0.3 is 5.97 Å². The number of aryl methyl sites for hydroxylation is 2. The van der Waals surface area contributed by atoms with Gasteiger partial charge in [0.05, 0.1) is 11.7 Å². The molecule has 2 heterocycles. The summed E-state index contributed by atoms with van der Waals surface area (Å²) < 4.78 is 6.49. The molecule has 1 saturated carbocycles. The van der Waals surface area contributed by atoms with Crippen LogP contribution in [-0.2, 0) is 20.9 Å². The Hall–Kier alpha value is -2.22. The molecule has 0 aliphatic heterocycles. The second kappa shape index (κ2) is 8.43. The van der Waals surface area contributed by atoms with E-state index in [4.69, 9.17) is 4.74 Å². The van der Waals surface area contributed by atoms with E-state index in [2.05, 4.69) is 17.2 Å². The minimum atomic E-state index is -0.904. The monoisotopic (exact) mass is 405 g/mol. The molecule has 0 aromatic carbocycles. The van der Waals surface area contributed by atoms with Gasteiger partial charge in [-0.3, -0.25) is 19.0 Å². The summed E-state index contributed by atoms with van der Waals surface area (Å²) in [5.74, 6) is -0.501. The highest BCUT2D eigenvalue weighted by molar-refractivity contribution is 7.18. The SMILES string of the molecule is Cc1sc2ncn(CC(=O)O[C@H](C)C(=O)N[C@@H]3CCCC[C@@H]3C)c(=O)c2c1C. The van der Waals surface area contributed by atoms with E-state index in [9.17, 15) is 14.4 Å². The third-order valence-corrected chi connectivity index (χ3v) is 6.69. The predicted molar refractivity (Wildman–Crippen MR) is 108 cm³/mol. The Bertz CT molecular complexity index is 949. The van der Waals surface area contributed by atoms with E-state index in [-0.39, 0.29) is 24.1 Å². The van der Waals surface area contributed by atoms with Crippen LogP contribution in [0.1, 0.15) is 50.0 Å². The predicted octanol–water partition coefficient (Wildman–Crippen LogP) is 2.70. The Morgan fingerprint density at radius 2 is 2.07 bits per heavy atom. The highest BCUT2D eigenvalue weighted by atomic mass is 32.1. The van der Waals surface area contributed by atoms with Gasteiger partial charge < -0.3 is 10.1 Å². The third kappa shape index (κ3) is 4.27. The molecule has 1 fully saturated rings. The highest BCUT2D eigenvalue weighted by Crippen LogP contribution is 2.25. The number of amides is 1. The number of carbonyl (C=O) groups excluding carboxylic acids is 2. The first kappa shape index (κ1) is 20.5. The molecule has 1 aliphatic rings. The number of hydrogen-bond donors (Lipinski definition) is 1. The van der Waals surface area contributed by atoms with E-state index in [1.807, 2.05) is 13.8 Å². The minimum absolute atomic E-state index is 0.126. The molecule has 1 aliphatic carbocycles. The van der Waals surface area contributed by atoms with Crippen LogP contribution >= 0.6 is 11.3 Å². The number of aromatic nitrogens is 2. The van der Waals surface area contributed by atoms with Crippen LogP contribution in [0.15, 0.2) is 11.1 Å². The third-order valence-electron chi connectivity index (χ3n) is 5.57. The molecular weight excluding hydrogens is 378 g/mol. The van der Waals surface area contributed by atoms with Crippen molar-refractivity contribution in [2.45, 2.75) is 72.1 Å². The number of rotatable bonds is 5. The maximum absolute atomic E-state index is 12.7. The molecule has 7 nitrogen and oxygen atoms in total. The molecule has 2 aromatic heterocycles. The summed E-state index contributed by atoms with van der Waals surface area (Å²) in [4.78, 5) is 43.3. The van der Waals surface area contributed by atoms with Crippen LogP contribution in [0.3, 0.4) is 0 Å². The molecule has 1 N–H and O–H groups in total. The number of nitrogens with one attached hydrogen (secondary N) is 1. The van der Waals surface area contributed by atoms with Crippen LogP contribution in [0.4, 0.5) is 0 Å². The molecule has 0 saturated heterocycles. The lowest BCUT2D eigenvalue weighted by Gasteiger charge is -2.30. The standard InChI is InChI=1S/C20H27N3O4S/c1-11-7-5-6-8-15(11)22-18(25)13(3)27-16(24)9-23-10-21-19-17(20(23)26)12(2)14(4)28-19/h10-11,13,15H,5-9H2,1-4H3,(H,22,25)/t11-,13+,15+/m0/s1. The molecule has 3 atom stereocenters. The average Bonchev–Trinajstić information content (AvgIpc) is 2.94. The van der Waals surface area contributed by atoms with Gasteiger partial charge in [0.2, 0.25) is 0 Å². The van der Waals surface area contributed by atoms with Gasteiger partial charge in [0.25, 0.3) is 11.5 Å². The Morgan fingerprint density at radius 3 is 2.79 bits per heavy atom. The van der Waals surface area contributed by atoms with Crippen molar-refractivity contribution in [2.24, 2.45) is 5.92 Å². The number of ether oxygens (including phenoxy) is 1. The van der Waals surface area contributed by atoms with Crippen molar-refractivity contribution in [1.82, 2.24) is 14.9 Å². The van der Waals surface area contributed by atoms with Crippen LogP contribution in [-0.4, -0.2) is 33.6 Å². The minimum Gasteiger partial charge on any atom is -0.451 e. The van der Waals surface area contributed by atoms with Crippen molar-refractivity contribution in [3.05, 3.63) is 27.1 Å². The Morgan fingerprint density at radius 1 is 1.36 bits per heavy atom. The van der Waals surface area contributed by atoms with E-state index in [1.165, 1.54) is 28.7 Å². The molecule has 3 rings (SSSR count). The lowest BCUT2D eigenvalue weighted by Crippen LogP contribution is -2.46. The Kier molecular flexibility index (Phi) is 6.17. The normalized spacial score (nSPS) is 20.7. The van der Waals surface area contributed by atoms with Crippen molar-refractivity contribution in [3.8, 4) is 0 Å². The van der Waals surface area contributed by atoms with Gasteiger partial charge in [-0.1, -0.05) is 19.8 Å². The van der Waals surface area contributed by atoms with E-state index in [0.29, 0.717) is 16.1 Å². The van der Waals surface area contributed by atoms with Gasteiger partial charge in [-0.15, -0.1) is 11.3 Å². The zero-order chi connectivity index (χ0) is 20.4. The van der Waals surface area contributed by atoms with Crippen LogP contribution in [0.5, 0.6) is 0 Å². The first-order chi connectivity index (χ1) is 13.3. The fourth-order valence-electron chi connectivity index (χ4n) is 3.64. The van der Waals surface area contributed by atoms with Crippen molar-refractivity contribution in [3.63, 3.8) is 0 Å². The number of thiophene rings is 1. The lowest BCUT2D eigenvalue weighted by atomic mass is 9.86. The van der Waals surface area contributed by atoms with Crippen molar-refractivity contribution in [1.29, 1.82) is 0 Å². The highest BCUT2D eigenvalue weighted by Gasteiger charge is 2.26. The van der Waals surface area contributed by atoms with E-state index < -0.39 is 12.1 Å². The Balaban J connectivity index is 1.62. The maximum Gasteiger partial charge on any atom is 0.326 e. The van der Waals surface area contributed by atoms with Crippen molar-refractivity contribution in [2.75, 3.05) is 0 Å². The summed E-state index contributed by atoms with van der Waals surface area (Å²) in [5, 5.41) is 3.52. The molecule has 0 spiro atoms. The number of carbonyl (C=O) groups is 2. The second-order valence-corrected chi connectivity index (χ2v) is 8.85. The summed E-state index contributed by atoms with van der Waals surface area (Å²) in [6.45, 7) is 7.22. The summed E-state index contributed by atoms with van der Waals surface area (Å²) in [7, 11) is 0. The van der Waals surface area contributed by atoms with Crippen molar-refractivity contribution >= 4 is 33.4 Å². The number of fused-ring (bicyclic) bond motifs is 1. The van der Waals surface area contributed by atoms with Gasteiger partial charge in [-0.05, 0) is 45.1 Å². The topological polar surface area (TPSA) is 90.3 Å². The van der Waals surface area contributed by atoms with Crippen LogP contribution in [0, 0.1) is 19.8 Å². The molecule has 2 aromatic rings. The molecular formula is C20H27N3O4S. The largest absolute Gasteiger partial charge is 0.451 e. The first-order valence-corrected chi connectivity index (χ1v) is 10.5. The van der Waals surface area contributed by atoms with Gasteiger partial charge in [-0.2, -0.15) is 0 Å². The number of esters is 1. The zero-order valence-electron chi connectivity index (χ0n) is 16.8. The molecule has 1 amide bonds. The van der Waals surface area contributed by atoms with Crippen LogP contribution < -0.4 is 10.9 Å².